The van der Waals surface area contributed by atoms with Crippen molar-refractivity contribution in [2.24, 2.45) is 0 Å². The average molecular weight is 351 g/mol. The lowest BCUT2D eigenvalue weighted by molar-refractivity contribution is -0.141. The highest BCUT2D eigenvalue weighted by Gasteiger charge is 2.32. The van der Waals surface area contributed by atoms with Crippen LogP contribution >= 0.6 is 0 Å². The van der Waals surface area contributed by atoms with E-state index in [4.69, 9.17) is 4.74 Å². The number of amides is 1. The maximum absolute atomic E-state index is 12.5. The summed E-state index contributed by atoms with van der Waals surface area (Å²) in [4.78, 5) is 17.5. The number of methoxy groups -OCH3 is 1. The second-order valence-corrected chi connectivity index (χ2v) is 5.69. The molecule has 1 aromatic carbocycles. The number of nitrogens with one attached hydrogen (secondary N) is 1. The van der Waals surface area contributed by atoms with Crippen molar-refractivity contribution in [3.05, 3.63) is 53.9 Å². The average Bonchev–Trinajstić information content (AvgIpc) is 2.55. The number of ether oxygens (including phenoxy) is 1. The van der Waals surface area contributed by atoms with Crippen LogP contribution in [-0.2, 0) is 10.9 Å². The van der Waals surface area contributed by atoms with Crippen molar-refractivity contribution >= 4 is 17.3 Å². The van der Waals surface area contributed by atoms with E-state index in [1.165, 1.54) is 0 Å². The Labute approximate surface area is 142 Å². The minimum Gasteiger partial charge on any atom is -0.378 e. The molecule has 1 saturated heterocycles. The highest BCUT2D eigenvalue weighted by atomic mass is 19.4. The van der Waals surface area contributed by atoms with Gasteiger partial charge in [-0.2, -0.15) is 13.2 Å². The van der Waals surface area contributed by atoms with Crippen LogP contribution in [0.1, 0.15) is 16.1 Å². The molecule has 1 aliphatic heterocycles. The number of carbonyl (C=O) groups is 1. The smallest absolute Gasteiger partial charge is 0.378 e. The molecule has 0 unspecified atom stereocenters. The van der Waals surface area contributed by atoms with Gasteiger partial charge in [-0.1, -0.05) is 0 Å². The number of benzene rings is 1. The standard InChI is InChI=1S/C17H16F3N3O2/c1-25-14-9-23(10-14)13-5-3-12(4-6-13)22-16(24)11-2-7-15(21-8-11)17(18,19)20/h2-8,14H,9-10H2,1H3,(H,22,24). The Bertz CT molecular complexity index is 739. The Kier molecular flexibility index (Phi) is 4.63. The summed E-state index contributed by atoms with van der Waals surface area (Å²) < 4.78 is 42.6. The molecule has 1 aliphatic rings. The quantitative estimate of drug-likeness (QED) is 0.919. The SMILES string of the molecule is COC1CN(c2ccc(NC(=O)c3ccc(C(F)(F)F)nc3)cc2)C1. The fourth-order valence-electron chi connectivity index (χ4n) is 2.45. The molecule has 1 N–H and O–H groups in total. The third kappa shape index (κ3) is 3.90. The number of rotatable bonds is 4. The fourth-order valence-corrected chi connectivity index (χ4v) is 2.45. The summed E-state index contributed by atoms with van der Waals surface area (Å²) in [5.74, 6) is -0.516. The van der Waals surface area contributed by atoms with E-state index in [2.05, 4.69) is 15.2 Å². The number of carbonyl (C=O) groups excluding carboxylic acids is 1. The normalized spacial score (nSPS) is 15.0. The third-order valence-electron chi connectivity index (χ3n) is 3.99. The molecule has 0 aliphatic carbocycles. The van der Waals surface area contributed by atoms with Crippen LogP contribution in [0.3, 0.4) is 0 Å². The van der Waals surface area contributed by atoms with E-state index in [1.807, 2.05) is 12.1 Å². The van der Waals surface area contributed by atoms with Crippen LogP contribution in [0, 0.1) is 0 Å². The fraction of sp³-hybridized carbons (Fsp3) is 0.294. The molecule has 0 spiro atoms. The molecule has 1 amide bonds. The van der Waals surface area contributed by atoms with E-state index in [0.717, 1.165) is 37.1 Å². The Balaban J connectivity index is 1.61. The molecule has 2 aromatic rings. The van der Waals surface area contributed by atoms with Gasteiger partial charge in [0.1, 0.15) is 5.69 Å². The molecule has 8 heteroatoms. The van der Waals surface area contributed by atoms with Gasteiger partial charge in [-0.15, -0.1) is 0 Å². The van der Waals surface area contributed by atoms with Gasteiger partial charge in [-0.25, -0.2) is 0 Å². The van der Waals surface area contributed by atoms with E-state index in [-0.39, 0.29) is 11.7 Å². The second kappa shape index (κ2) is 6.72. The van der Waals surface area contributed by atoms with Crippen molar-refractivity contribution in [1.82, 2.24) is 4.98 Å². The summed E-state index contributed by atoms with van der Waals surface area (Å²) >= 11 is 0. The zero-order valence-corrected chi connectivity index (χ0v) is 13.4. The van der Waals surface area contributed by atoms with Gasteiger partial charge in [0.15, 0.2) is 0 Å². The van der Waals surface area contributed by atoms with Crippen molar-refractivity contribution in [2.45, 2.75) is 12.3 Å². The lowest BCUT2D eigenvalue weighted by Gasteiger charge is -2.40. The number of halogens is 3. The van der Waals surface area contributed by atoms with Crippen molar-refractivity contribution in [1.29, 1.82) is 0 Å². The molecule has 3 rings (SSSR count). The van der Waals surface area contributed by atoms with E-state index < -0.39 is 17.8 Å². The first kappa shape index (κ1) is 17.2. The Morgan fingerprint density at radius 3 is 2.40 bits per heavy atom. The lowest BCUT2D eigenvalue weighted by atomic mass is 10.1. The number of aromatic nitrogens is 1. The first-order valence-corrected chi connectivity index (χ1v) is 7.59. The van der Waals surface area contributed by atoms with Gasteiger partial charge in [0, 0.05) is 37.8 Å². The summed E-state index contributed by atoms with van der Waals surface area (Å²) in [6.45, 7) is 1.64. The van der Waals surface area contributed by atoms with Crippen LogP contribution in [-0.4, -0.2) is 37.2 Å². The molecule has 0 bridgehead atoms. The van der Waals surface area contributed by atoms with Crippen LogP contribution in [0.15, 0.2) is 42.6 Å². The number of nitrogens with zero attached hydrogens (tertiary/aromatic N) is 2. The zero-order valence-electron chi connectivity index (χ0n) is 13.4. The molecule has 0 atom stereocenters. The Morgan fingerprint density at radius 2 is 1.88 bits per heavy atom. The van der Waals surface area contributed by atoms with Gasteiger partial charge in [-0.3, -0.25) is 9.78 Å². The van der Waals surface area contributed by atoms with Gasteiger partial charge >= 0.3 is 6.18 Å². The number of anilines is 2. The molecule has 0 saturated carbocycles. The van der Waals surface area contributed by atoms with Crippen molar-refractivity contribution < 1.29 is 22.7 Å². The number of hydrogen-bond acceptors (Lipinski definition) is 4. The van der Waals surface area contributed by atoms with Crippen LogP contribution in [0.2, 0.25) is 0 Å². The summed E-state index contributed by atoms with van der Waals surface area (Å²) in [6, 6.07) is 9.10. The first-order valence-electron chi connectivity index (χ1n) is 7.59. The number of hydrogen-bond donors (Lipinski definition) is 1. The third-order valence-corrected chi connectivity index (χ3v) is 3.99. The van der Waals surface area contributed by atoms with E-state index in [0.29, 0.717) is 5.69 Å². The minimum absolute atomic E-state index is 0.0581. The number of pyridine rings is 1. The summed E-state index contributed by atoms with van der Waals surface area (Å²) in [5.41, 5.74) is 0.597. The van der Waals surface area contributed by atoms with E-state index >= 15 is 0 Å². The van der Waals surface area contributed by atoms with Gasteiger partial charge in [0.2, 0.25) is 0 Å². The van der Waals surface area contributed by atoms with Crippen molar-refractivity contribution in [2.75, 3.05) is 30.4 Å². The molecule has 0 radical (unpaired) electrons. The van der Waals surface area contributed by atoms with Crippen molar-refractivity contribution in [3.63, 3.8) is 0 Å². The molecule has 2 heterocycles. The summed E-state index contributed by atoms with van der Waals surface area (Å²) in [7, 11) is 1.68. The van der Waals surface area contributed by atoms with Crippen LogP contribution in [0.25, 0.3) is 0 Å². The highest BCUT2D eigenvalue weighted by Crippen LogP contribution is 2.27. The molecule has 1 aromatic heterocycles. The topological polar surface area (TPSA) is 54.5 Å². The summed E-state index contributed by atoms with van der Waals surface area (Å²) in [5, 5.41) is 2.64. The Morgan fingerprint density at radius 1 is 1.20 bits per heavy atom. The van der Waals surface area contributed by atoms with Crippen molar-refractivity contribution in [3.8, 4) is 0 Å². The van der Waals surface area contributed by atoms with E-state index in [9.17, 15) is 18.0 Å². The predicted molar refractivity (Wildman–Crippen MR) is 86.6 cm³/mol. The predicted octanol–water partition coefficient (Wildman–Crippen LogP) is 3.19. The van der Waals surface area contributed by atoms with Gasteiger partial charge < -0.3 is 15.0 Å². The maximum atomic E-state index is 12.5. The monoisotopic (exact) mass is 351 g/mol. The molecule has 5 nitrogen and oxygen atoms in total. The van der Waals surface area contributed by atoms with Crippen LogP contribution in [0.5, 0.6) is 0 Å². The largest absolute Gasteiger partial charge is 0.433 e. The molecule has 132 valence electrons. The van der Waals surface area contributed by atoms with Crippen LogP contribution in [0.4, 0.5) is 24.5 Å². The molecule has 25 heavy (non-hydrogen) atoms. The van der Waals surface area contributed by atoms with Gasteiger partial charge in [-0.05, 0) is 36.4 Å². The van der Waals surface area contributed by atoms with Gasteiger partial charge in [0.05, 0.1) is 11.7 Å². The van der Waals surface area contributed by atoms with Gasteiger partial charge in [0.25, 0.3) is 5.91 Å². The van der Waals surface area contributed by atoms with Crippen LogP contribution < -0.4 is 10.2 Å². The Hall–Kier alpha value is -2.61. The summed E-state index contributed by atoms with van der Waals surface area (Å²) in [6.07, 6.45) is -3.37. The first-order chi connectivity index (χ1) is 11.9. The minimum atomic E-state index is -4.52. The maximum Gasteiger partial charge on any atom is 0.433 e. The lowest BCUT2D eigenvalue weighted by Crippen LogP contribution is -2.51. The molecule has 1 fully saturated rings. The number of alkyl halides is 3. The zero-order chi connectivity index (χ0) is 18.0. The van der Waals surface area contributed by atoms with E-state index in [1.54, 1.807) is 19.2 Å². The molecular weight excluding hydrogens is 335 g/mol. The second-order valence-electron chi connectivity index (χ2n) is 5.69. The molecular formula is C17H16F3N3O2. The highest BCUT2D eigenvalue weighted by molar-refractivity contribution is 6.04.